The van der Waals surface area contributed by atoms with Gasteiger partial charge < -0.3 is 10.4 Å². The van der Waals surface area contributed by atoms with Crippen LogP contribution < -0.4 is 5.32 Å². The van der Waals surface area contributed by atoms with Gasteiger partial charge in [0, 0.05) is 11.3 Å². The molecule has 1 rings (SSSR count). The summed E-state index contributed by atoms with van der Waals surface area (Å²) < 4.78 is 0. The molecule has 0 heterocycles. The Balaban J connectivity index is 2.79. The van der Waals surface area contributed by atoms with Gasteiger partial charge in [-0.3, -0.25) is 9.59 Å². The molecule has 4 heteroatoms. The first-order valence-electron chi connectivity index (χ1n) is 5.28. The van der Waals surface area contributed by atoms with Crippen molar-refractivity contribution in [2.45, 2.75) is 20.3 Å². The minimum atomic E-state index is -0.891. The molecule has 2 N–H and O–H groups in total. The lowest BCUT2D eigenvalue weighted by Gasteiger charge is -2.06. The smallest absolute Gasteiger partial charge is 0.307 e. The number of carboxylic acid groups (broad SMARTS) is 1. The van der Waals surface area contributed by atoms with Gasteiger partial charge in [-0.05, 0) is 31.5 Å². The fourth-order valence-corrected chi connectivity index (χ4v) is 1.29. The van der Waals surface area contributed by atoms with E-state index in [1.165, 1.54) is 0 Å². The molecule has 4 nitrogen and oxygen atoms in total. The van der Waals surface area contributed by atoms with Crippen LogP contribution in [0.5, 0.6) is 0 Å². The van der Waals surface area contributed by atoms with E-state index >= 15 is 0 Å². The maximum atomic E-state index is 11.6. The highest BCUT2D eigenvalue weighted by molar-refractivity contribution is 6.03. The number of hydrogen-bond acceptors (Lipinski definition) is 2. The van der Waals surface area contributed by atoms with E-state index in [0.717, 1.165) is 0 Å². The molecule has 1 amide bonds. The van der Waals surface area contributed by atoms with Crippen molar-refractivity contribution in [2.24, 2.45) is 0 Å². The van der Waals surface area contributed by atoms with E-state index in [1.54, 1.807) is 44.2 Å². The molecule has 17 heavy (non-hydrogen) atoms. The van der Waals surface area contributed by atoms with E-state index in [0.29, 0.717) is 16.8 Å². The molecule has 0 radical (unpaired) electrons. The molecule has 0 spiro atoms. The summed E-state index contributed by atoms with van der Waals surface area (Å²) in [5, 5.41) is 11.4. The number of rotatable bonds is 4. The summed E-state index contributed by atoms with van der Waals surface area (Å²) >= 11 is 0. The number of carboxylic acids is 1. The van der Waals surface area contributed by atoms with Crippen molar-refractivity contribution >= 4 is 17.6 Å². The van der Waals surface area contributed by atoms with Gasteiger partial charge in [-0.15, -0.1) is 0 Å². The molecule has 0 atom stereocenters. The van der Waals surface area contributed by atoms with Gasteiger partial charge in [0.15, 0.2) is 0 Å². The van der Waals surface area contributed by atoms with Gasteiger partial charge in [0.25, 0.3) is 5.91 Å². The highest BCUT2D eigenvalue weighted by Gasteiger charge is 2.05. The van der Waals surface area contributed by atoms with Crippen molar-refractivity contribution in [3.05, 3.63) is 41.5 Å². The number of carbonyl (C=O) groups is 2. The predicted molar refractivity (Wildman–Crippen MR) is 65.8 cm³/mol. The molecule has 0 aliphatic heterocycles. The SMILES string of the molecule is C/C=C(\C)C(=O)Nc1cccc(CC(=O)O)c1. The Morgan fingerprint density at radius 2 is 2.12 bits per heavy atom. The van der Waals surface area contributed by atoms with E-state index in [1.807, 2.05) is 0 Å². The third-order valence-corrected chi connectivity index (χ3v) is 2.33. The van der Waals surface area contributed by atoms with Crippen LogP contribution in [0.25, 0.3) is 0 Å². The number of carbonyl (C=O) groups excluding carboxylic acids is 1. The Morgan fingerprint density at radius 1 is 1.41 bits per heavy atom. The lowest BCUT2D eigenvalue weighted by molar-refractivity contribution is -0.136. The normalized spacial score (nSPS) is 11.1. The molecule has 0 aliphatic carbocycles. The fraction of sp³-hybridized carbons (Fsp3) is 0.231. The van der Waals surface area contributed by atoms with Crippen LogP contribution in [0, 0.1) is 0 Å². The number of anilines is 1. The summed E-state index contributed by atoms with van der Waals surface area (Å²) in [6.07, 6.45) is 1.67. The Bertz CT molecular complexity index is 463. The number of allylic oxidation sites excluding steroid dienone is 1. The van der Waals surface area contributed by atoms with Crippen LogP contribution in [0.1, 0.15) is 19.4 Å². The number of nitrogens with one attached hydrogen (secondary N) is 1. The van der Waals surface area contributed by atoms with Gasteiger partial charge in [-0.25, -0.2) is 0 Å². The molecule has 0 aromatic heterocycles. The van der Waals surface area contributed by atoms with Gasteiger partial charge in [0.05, 0.1) is 6.42 Å². The summed E-state index contributed by atoms with van der Waals surface area (Å²) in [4.78, 5) is 22.1. The topological polar surface area (TPSA) is 66.4 Å². The second-order valence-corrected chi connectivity index (χ2v) is 3.70. The second kappa shape index (κ2) is 5.84. The maximum Gasteiger partial charge on any atom is 0.307 e. The van der Waals surface area contributed by atoms with E-state index in [9.17, 15) is 9.59 Å². The molecule has 1 aromatic rings. The largest absolute Gasteiger partial charge is 0.481 e. The van der Waals surface area contributed by atoms with Crippen molar-refractivity contribution in [3.63, 3.8) is 0 Å². The summed E-state index contributed by atoms with van der Waals surface area (Å²) in [7, 11) is 0. The molecule has 0 aliphatic rings. The number of aliphatic carboxylic acids is 1. The van der Waals surface area contributed by atoms with Crippen LogP contribution in [-0.2, 0) is 16.0 Å². The van der Waals surface area contributed by atoms with Crippen molar-refractivity contribution in [2.75, 3.05) is 5.32 Å². The summed E-state index contributed by atoms with van der Waals surface area (Å²) in [6, 6.07) is 6.83. The fourth-order valence-electron chi connectivity index (χ4n) is 1.29. The average Bonchev–Trinajstić information content (AvgIpc) is 2.27. The minimum Gasteiger partial charge on any atom is -0.481 e. The third kappa shape index (κ3) is 4.10. The third-order valence-electron chi connectivity index (χ3n) is 2.33. The summed E-state index contributed by atoms with van der Waals surface area (Å²) in [6.45, 7) is 3.51. The predicted octanol–water partition coefficient (Wildman–Crippen LogP) is 2.22. The van der Waals surface area contributed by atoms with E-state index in [2.05, 4.69) is 5.32 Å². The van der Waals surface area contributed by atoms with Crippen molar-refractivity contribution < 1.29 is 14.7 Å². The zero-order valence-corrected chi connectivity index (χ0v) is 9.86. The van der Waals surface area contributed by atoms with Crippen LogP contribution in [0.2, 0.25) is 0 Å². The zero-order chi connectivity index (χ0) is 12.8. The van der Waals surface area contributed by atoms with Gasteiger partial charge in [-0.1, -0.05) is 18.2 Å². The lowest BCUT2D eigenvalue weighted by atomic mass is 10.1. The molecular formula is C13H15NO3. The van der Waals surface area contributed by atoms with E-state index < -0.39 is 5.97 Å². The number of benzene rings is 1. The first-order chi connectivity index (χ1) is 8.02. The van der Waals surface area contributed by atoms with Crippen LogP contribution >= 0.6 is 0 Å². The standard InChI is InChI=1S/C13H15NO3/c1-3-9(2)13(17)14-11-6-4-5-10(7-11)8-12(15)16/h3-7H,8H2,1-2H3,(H,14,17)(H,15,16)/b9-3+. The molecule has 0 saturated carbocycles. The van der Waals surface area contributed by atoms with E-state index in [-0.39, 0.29) is 12.3 Å². The Hall–Kier alpha value is -2.10. The van der Waals surface area contributed by atoms with E-state index in [4.69, 9.17) is 5.11 Å². The maximum absolute atomic E-state index is 11.6. The lowest BCUT2D eigenvalue weighted by Crippen LogP contribution is -2.12. The van der Waals surface area contributed by atoms with Gasteiger partial charge in [-0.2, -0.15) is 0 Å². The van der Waals surface area contributed by atoms with Gasteiger partial charge in [0.1, 0.15) is 0 Å². The number of hydrogen-bond donors (Lipinski definition) is 2. The zero-order valence-electron chi connectivity index (χ0n) is 9.86. The molecule has 0 bridgehead atoms. The molecule has 0 saturated heterocycles. The molecular weight excluding hydrogens is 218 g/mol. The molecule has 0 unspecified atom stereocenters. The number of amides is 1. The van der Waals surface area contributed by atoms with Crippen LogP contribution in [0.4, 0.5) is 5.69 Å². The Kier molecular flexibility index (Phi) is 4.46. The quantitative estimate of drug-likeness (QED) is 0.783. The monoisotopic (exact) mass is 233 g/mol. The second-order valence-electron chi connectivity index (χ2n) is 3.70. The first-order valence-corrected chi connectivity index (χ1v) is 5.28. The summed E-state index contributed by atoms with van der Waals surface area (Å²) in [5.74, 6) is -1.07. The average molecular weight is 233 g/mol. The minimum absolute atomic E-state index is 0.0493. The van der Waals surface area contributed by atoms with Crippen molar-refractivity contribution in [1.29, 1.82) is 0 Å². The highest BCUT2D eigenvalue weighted by Crippen LogP contribution is 2.12. The van der Waals surface area contributed by atoms with Gasteiger partial charge in [0.2, 0.25) is 0 Å². The highest BCUT2D eigenvalue weighted by atomic mass is 16.4. The Morgan fingerprint density at radius 3 is 2.71 bits per heavy atom. The molecule has 0 fully saturated rings. The van der Waals surface area contributed by atoms with Gasteiger partial charge >= 0.3 is 5.97 Å². The van der Waals surface area contributed by atoms with Crippen LogP contribution in [0.15, 0.2) is 35.9 Å². The Labute approximate surface area is 100.0 Å². The summed E-state index contributed by atoms with van der Waals surface area (Å²) in [5.41, 5.74) is 1.89. The first kappa shape index (κ1) is 13.0. The van der Waals surface area contributed by atoms with Crippen LogP contribution in [0.3, 0.4) is 0 Å². The van der Waals surface area contributed by atoms with Crippen molar-refractivity contribution in [1.82, 2.24) is 0 Å². The molecule has 90 valence electrons. The van der Waals surface area contributed by atoms with Crippen molar-refractivity contribution in [3.8, 4) is 0 Å². The van der Waals surface area contributed by atoms with Crippen LogP contribution in [-0.4, -0.2) is 17.0 Å². The molecule has 1 aromatic carbocycles.